The van der Waals surface area contributed by atoms with Gasteiger partial charge in [-0.1, -0.05) is 36.4 Å². The minimum atomic E-state index is -2.37. The van der Waals surface area contributed by atoms with Crippen LogP contribution in [0.5, 0.6) is 0 Å². The Labute approximate surface area is 122 Å². The fraction of sp³-hybridized carbons (Fsp3) is 0. The summed E-state index contributed by atoms with van der Waals surface area (Å²) in [6.45, 7) is 0. The summed E-state index contributed by atoms with van der Waals surface area (Å²) >= 11 is 6.71. The molecule has 0 bridgehead atoms. The molecule has 3 aromatic carbocycles. The Bertz CT molecular complexity index is 735. The first-order valence-corrected chi connectivity index (χ1v) is 11.3. The van der Waals surface area contributed by atoms with Crippen LogP contribution in [-0.4, -0.2) is 4.89 Å². The summed E-state index contributed by atoms with van der Waals surface area (Å²) in [5, 5.41) is 5.55. The van der Waals surface area contributed by atoms with Crippen LogP contribution in [0.15, 0.2) is 54.6 Å². The van der Waals surface area contributed by atoms with E-state index in [-0.39, 0.29) is 0 Å². The van der Waals surface area contributed by atoms with Crippen molar-refractivity contribution in [1.29, 1.82) is 0 Å². The largest absolute Gasteiger partial charge is 0.309 e. The Balaban J connectivity index is 2.44. The van der Waals surface area contributed by atoms with Crippen molar-refractivity contribution in [2.45, 2.75) is 0 Å². The Morgan fingerprint density at radius 2 is 1.39 bits per heavy atom. The molecule has 0 radical (unpaired) electrons. The zero-order valence-corrected chi connectivity index (χ0v) is 13.4. The molecule has 1 N–H and O–H groups in total. The molecular weight excluding hydrogens is 375 g/mol. The molecule has 0 heterocycles. The molecule has 1 nitrogen and oxygen atoms in total. The van der Waals surface area contributed by atoms with Crippen molar-refractivity contribution in [3.63, 3.8) is 0 Å². The maximum Gasteiger partial charge on any atom is 0.309 e. The number of hydrogen-bond donors (Lipinski definition) is 1. The number of fused-ring (bicyclic) bond motifs is 2. The molecule has 3 rings (SSSR count). The molecule has 90 valence electrons. The van der Waals surface area contributed by atoms with Crippen molar-refractivity contribution in [1.82, 2.24) is 0 Å². The molecule has 0 saturated heterocycles. The van der Waals surface area contributed by atoms with Crippen molar-refractivity contribution in [2.75, 3.05) is 0 Å². The summed E-state index contributed by atoms with van der Waals surface area (Å²) in [4.78, 5) is 7.84. The molecule has 3 aromatic rings. The standard InChI is InChI=1S/C14H10Br2OP/c15-18(16,17)14-7-3-6-12-8-10-4-1-2-5-11(10)9-13(12)14/h1-9,17H/q+1. The highest BCUT2D eigenvalue weighted by molar-refractivity contribution is 9.73. The lowest BCUT2D eigenvalue weighted by molar-refractivity contribution is 0.648. The first kappa shape index (κ1) is 12.6. The first-order chi connectivity index (χ1) is 8.55. The predicted octanol–water partition coefficient (Wildman–Crippen LogP) is 5.16. The van der Waals surface area contributed by atoms with Crippen LogP contribution in [0.3, 0.4) is 0 Å². The van der Waals surface area contributed by atoms with E-state index in [9.17, 15) is 4.89 Å². The van der Waals surface area contributed by atoms with E-state index < -0.39 is 4.89 Å². The maximum atomic E-state index is 10.2. The summed E-state index contributed by atoms with van der Waals surface area (Å²) < 4.78 is 0. The van der Waals surface area contributed by atoms with Gasteiger partial charge in [-0.25, -0.2) is 4.89 Å². The van der Waals surface area contributed by atoms with Crippen molar-refractivity contribution < 1.29 is 4.89 Å². The van der Waals surface area contributed by atoms with Gasteiger partial charge in [0.15, 0.2) is 36.3 Å². The third-order valence-electron chi connectivity index (χ3n) is 3.01. The van der Waals surface area contributed by atoms with Crippen LogP contribution in [0.4, 0.5) is 0 Å². The van der Waals surface area contributed by atoms with E-state index in [1.54, 1.807) is 0 Å². The maximum absolute atomic E-state index is 10.2. The topological polar surface area (TPSA) is 20.2 Å². The van der Waals surface area contributed by atoms with Gasteiger partial charge in [-0.2, -0.15) is 0 Å². The highest BCUT2D eigenvalue weighted by Crippen LogP contribution is 2.69. The second-order valence-electron chi connectivity index (χ2n) is 4.18. The van der Waals surface area contributed by atoms with Gasteiger partial charge in [0.2, 0.25) is 0 Å². The molecule has 0 aliphatic heterocycles. The van der Waals surface area contributed by atoms with Crippen molar-refractivity contribution >= 4 is 62.7 Å². The predicted molar refractivity (Wildman–Crippen MR) is 88.1 cm³/mol. The van der Waals surface area contributed by atoms with Gasteiger partial charge in [0.05, 0.1) is 0 Å². The summed E-state index contributed by atoms with van der Waals surface area (Å²) in [7, 11) is 0. The molecule has 0 aliphatic rings. The quantitative estimate of drug-likeness (QED) is 0.453. The lowest BCUT2D eigenvalue weighted by atomic mass is 10.0. The van der Waals surface area contributed by atoms with Crippen LogP contribution in [0.2, 0.25) is 0 Å². The second kappa shape index (κ2) is 4.57. The molecule has 0 spiro atoms. The molecule has 0 aromatic heterocycles. The van der Waals surface area contributed by atoms with Gasteiger partial charge in [0.25, 0.3) is 0 Å². The Morgan fingerprint density at radius 1 is 0.778 bits per heavy atom. The zero-order valence-electron chi connectivity index (χ0n) is 9.35. The fourth-order valence-corrected chi connectivity index (χ4v) is 4.79. The number of halogens is 2. The molecule has 4 heteroatoms. The average Bonchev–Trinajstić information content (AvgIpc) is 2.34. The van der Waals surface area contributed by atoms with Crippen LogP contribution in [0.25, 0.3) is 21.5 Å². The van der Waals surface area contributed by atoms with Crippen LogP contribution in [0, 0.1) is 0 Å². The Kier molecular flexibility index (Phi) is 3.19. The Hall–Kier alpha value is -0.470. The van der Waals surface area contributed by atoms with E-state index in [1.807, 2.05) is 24.3 Å². The molecule has 0 amide bonds. The SMILES string of the molecule is O[P+](Br)(Br)c1cccc2cc3ccccc3cc12. The van der Waals surface area contributed by atoms with Gasteiger partial charge >= 0.3 is 4.89 Å². The van der Waals surface area contributed by atoms with E-state index >= 15 is 0 Å². The van der Waals surface area contributed by atoms with Gasteiger partial charge in [-0.05, 0) is 34.4 Å². The molecular formula is C14H10Br2OP+. The van der Waals surface area contributed by atoms with Gasteiger partial charge < -0.3 is 0 Å². The zero-order chi connectivity index (χ0) is 12.8. The van der Waals surface area contributed by atoms with Crippen molar-refractivity contribution in [2.24, 2.45) is 0 Å². The highest BCUT2D eigenvalue weighted by Gasteiger charge is 2.35. The van der Waals surface area contributed by atoms with E-state index in [2.05, 4.69) is 61.3 Å². The monoisotopic (exact) mass is 383 g/mol. The smallest absolute Gasteiger partial charge is 0.223 e. The van der Waals surface area contributed by atoms with E-state index in [0.29, 0.717) is 0 Å². The van der Waals surface area contributed by atoms with E-state index in [1.165, 1.54) is 10.8 Å². The third kappa shape index (κ3) is 2.21. The minimum absolute atomic E-state index is 0.922. The van der Waals surface area contributed by atoms with Gasteiger partial charge in [0, 0.05) is 5.39 Å². The summed E-state index contributed by atoms with van der Waals surface area (Å²) in [6.07, 6.45) is 0. The summed E-state index contributed by atoms with van der Waals surface area (Å²) in [6, 6.07) is 18.5. The summed E-state index contributed by atoms with van der Waals surface area (Å²) in [5.74, 6) is 0. The molecule has 0 saturated carbocycles. The third-order valence-corrected chi connectivity index (χ3v) is 6.28. The molecule has 0 aliphatic carbocycles. The number of rotatable bonds is 1. The van der Waals surface area contributed by atoms with Crippen molar-refractivity contribution in [3.05, 3.63) is 54.6 Å². The van der Waals surface area contributed by atoms with E-state index in [0.717, 1.165) is 16.1 Å². The molecule has 18 heavy (non-hydrogen) atoms. The highest BCUT2D eigenvalue weighted by atomic mass is 79.9. The molecule has 0 unspecified atom stereocenters. The van der Waals surface area contributed by atoms with Crippen LogP contribution >= 0.6 is 35.9 Å². The van der Waals surface area contributed by atoms with Crippen molar-refractivity contribution in [3.8, 4) is 0 Å². The molecule has 0 fully saturated rings. The number of benzene rings is 3. The normalized spacial score (nSPS) is 12.2. The number of hydrogen-bond acceptors (Lipinski definition) is 1. The van der Waals surface area contributed by atoms with Crippen LogP contribution in [0.1, 0.15) is 0 Å². The second-order valence-corrected chi connectivity index (χ2v) is 14.6. The minimum Gasteiger partial charge on any atom is -0.223 e. The van der Waals surface area contributed by atoms with Gasteiger partial charge in [0.1, 0.15) is 0 Å². The summed E-state index contributed by atoms with van der Waals surface area (Å²) in [5.41, 5.74) is 0. The lowest BCUT2D eigenvalue weighted by Crippen LogP contribution is -2.02. The van der Waals surface area contributed by atoms with Gasteiger partial charge in [-0.3, -0.25) is 0 Å². The lowest BCUT2D eigenvalue weighted by Gasteiger charge is -2.08. The van der Waals surface area contributed by atoms with Crippen LogP contribution in [-0.2, 0) is 0 Å². The van der Waals surface area contributed by atoms with Crippen LogP contribution < -0.4 is 5.30 Å². The fourth-order valence-electron chi connectivity index (χ4n) is 2.18. The Morgan fingerprint density at radius 3 is 2.06 bits per heavy atom. The van der Waals surface area contributed by atoms with Gasteiger partial charge in [-0.15, -0.1) is 0 Å². The van der Waals surface area contributed by atoms with E-state index in [4.69, 9.17) is 0 Å². The average molecular weight is 385 g/mol. The molecule has 0 atom stereocenters. The first-order valence-electron chi connectivity index (χ1n) is 5.49.